The van der Waals surface area contributed by atoms with Crippen LogP contribution in [0, 0.1) is 0 Å². The lowest BCUT2D eigenvalue weighted by atomic mass is 10.0. The predicted molar refractivity (Wildman–Crippen MR) is 66.7 cm³/mol. The van der Waals surface area contributed by atoms with Gasteiger partial charge in [0.2, 0.25) is 0 Å². The Labute approximate surface area is 99.9 Å². The van der Waals surface area contributed by atoms with E-state index in [1.54, 1.807) is 30.5 Å². The molecule has 1 aromatic rings. The molecule has 0 heterocycles. The van der Waals surface area contributed by atoms with E-state index < -0.39 is 0 Å². The maximum absolute atomic E-state index is 11.1. The van der Waals surface area contributed by atoms with Gasteiger partial charge < -0.3 is 0 Å². The number of nitrogens with zero attached hydrogens (tertiary/aromatic N) is 1. The highest BCUT2D eigenvalue weighted by molar-refractivity contribution is 6.02. The molecule has 3 nitrogen and oxygen atoms in total. The number of hydrogen-bond donors (Lipinski definition) is 1. The number of hydroxylamine groups is 1. The minimum atomic E-state index is -0.0242. The topological polar surface area (TPSA) is 40.5 Å². The van der Waals surface area contributed by atoms with E-state index in [1.165, 1.54) is 6.08 Å². The minimum Gasteiger partial charge on any atom is -0.290 e. The maximum atomic E-state index is 11.1. The zero-order valence-electron chi connectivity index (χ0n) is 9.50. The van der Waals surface area contributed by atoms with Crippen molar-refractivity contribution in [3.8, 4) is 0 Å². The quantitative estimate of drug-likeness (QED) is 0.790. The van der Waals surface area contributed by atoms with Crippen LogP contribution < -0.4 is 5.06 Å². The summed E-state index contributed by atoms with van der Waals surface area (Å²) in [6.45, 7) is 1.84. The number of anilines is 1. The molecule has 0 aliphatic heterocycles. The molecule has 2 rings (SSSR count). The number of carbonyl (C=O) groups excluding carboxylic acids is 1. The predicted octanol–water partition coefficient (Wildman–Crippen LogP) is 2.85. The van der Waals surface area contributed by atoms with Gasteiger partial charge in [-0.2, -0.15) is 0 Å². The van der Waals surface area contributed by atoms with Crippen molar-refractivity contribution in [3.05, 3.63) is 65.9 Å². The highest BCUT2D eigenvalue weighted by Gasteiger charge is 2.07. The van der Waals surface area contributed by atoms with Crippen LogP contribution in [-0.2, 0) is 4.79 Å². The van der Waals surface area contributed by atoms with E-state index in [1.807, 2.05) is 25.1 Å². The van der Waals surface area contributed by atoms with Gasteiger partial charge in [-0.1, -0.05) is 18.2 Å². The molecule has 0 unspecified atom stereocenters. The Kier molecular flexibility index (Phi) is 3.21. The number of rotatable bonds is 2. The van der Waals surface area contributed by atoms with Crippen molar-refractivity contribution >= 4 is 11.5 Å². The van der Waals surface area contributed by atoms with E-state index in [9.17, 15) is 10.0 Å². The second-order valence-electron chi connectivity index (χ2n) is 3.83. The zero-order chi connectivity index (χ0) is 12.3. The van der Waals surface area contributed by atoms with Gasteiger partial charge in [0.05, 0.1) is 5.69 Å². The van der Waals surface area contributed by atoms with Crippen molar-refractivity contribution in [2.45, 2.75) is 6.92 Å². The molecule has 0 fully saturated rings. The smallest absolute Gasteiger partial charge is 0.178 e. The summed E-state index contributed by atoms with van der Waals surface area (Å²) >= 11 is 0. The van der Waals surface area contributed by atoms with Gasteiger partial charge in [0.25, 0.3) is 0 Å². The third kappa shape index (κ3) is 2.71. The van der Waals surface area contributed by atoms with Crippen LogP contribution in [0.1, 0.15) is 6.92 Å². The summed E-state index contributed by atoms with van der Waals surface area (Å²) in [5.41, 5.74) is 2.33. The Morgan fingerprint density at radius 2 is 1.88 bits per heavy atom. The van der Waals surface area contributed by atoms with Crippen LogP contribution in [0.4, 0.5) is 5.69 Å². The molecule has 0 spiro atoms. The lowest BCUT2D eigenvalue weighted by Gasteiger charge is -2.15. The molecule has 0 aromatic heterocycles. The maximum Gasteiger partial charge on any atom is 0.178 e. The Balaban J connectivity index is 2.23. The summed E-state index contributed by atoms with van der Waals surface area (Å²) in [5.74, 6) is -0.0242. The first-order valence-electron chi connectivity index (χ1n) is 5.32. The summed E-state index contributed by atoms with van der Waals surface area (Å²) in [6, 6.07) is 9.18. The number of allylic oxidation sites excluding steroid dienone is 5. The molecular weight excluding hydrogens is 214 g/mol. The van der Waals surface area contributed by atoms with Gasteiger partial charge in [0.15, 0.2) is 5.78 Å². The Bertz CT molecular complexity index is 512. The van der Waals surface area contributed by atoms with Crippen LogP contribution in [0.2, 0.25) is 0 Å². The molecule has 1 N–H and O–H groups in total. The molecule has 0 atom stereocenters. The summed E-state index contributed by atoms with van der Waals surface area (Å²) in [4.78, 5) is 11.1. The Morgan fingerprint density at radius 3 is 2.53 bits per heavy atom. The van der Waals surface area contributed by atoms with Gasteiger partial charge in [-0.3, -0.25) is 10.0 Å². The van der Waals surface area contributed by atoms with Gasteiger partial charge >= 0.3 is 0 Å². The average Bonchev–Trinajstić information content (AvgIpc) is 2.34. The van der Waals surface area contributed by atoms with E-state index in [2.05, 4.69) is 0 Å². The van der Waals surface area contributed by atoms with E-state index >= 15 is 0 Å². The molecule has 1 aliphatic carbocycles. The average molecular weight is 227 g/mol. The van der Waals surface area contributed by atoms with Gasteiger partial charge in [0.1, 0.15) is 0 Å². The molecule has 0 saturated carbocycles. The van der Waals surface area contributed by atoms with Crippen LogP contribution in [0.15, 0.2) is 65.9 Å². The highest BCUT2D eigenvalue weighted by atomic mass is 16.5. The van der Waals surface area contributed by atoms with Crippen LogP contribution >= 0.6 is 0 Å². The minimum absolute atomic E-state index is 0.0242. The molecule has 1 aliphatic rings. The Hall–Kier alpha value is -2.13. The van der Waals surface area contributed by atoms with E-state index in [4.69, 9.17) is 0 Å². The molecule has 0 saturated heterocycles. The number of hydrogen-bond acceptors (Lipinski definition) is 3. The summed E-state index contributed by atoms with van der Waals surface area (Å²) < 4.78 is 0. The van der Waals surface area contributed by atoms with Crippen molar-refractivity contribution in [3.63, 3.8) is 0 Å². The highest BCUT2D eigenvalue weighted by Crippen LogP contribution is 2.19. The van der Waals surface area contributed by atoms with Crippen LogP contribution in [0.3, 0.4) is 0 Å². The normalized spacial score (nSPS) is 17.2. The van der Waals surface area contributed by atoms with Crippen molar-refractivity contribution in [1.29, 1.82) is 0 Å². The molecule has 0 radical (unpaired) electrons. The largest absolute Gasteiger partial charge is 0.290 e. The molecular formula is C14H13NO2. The van der Waals surface area contributed by atoms with E-state index in [0.29, 0.717) is 5.69 Å². The zero-order valence-corrected chi connectivity index (χ0v) is 9.50. The molecule has 0 bridgehead atoms. The van der Waals surface area contributed by atoms with Crippen molar-refractivity contribution in [1.82, 2.24) is 0 Å². The van der Waals surface area contributed by atoms with Gasteiger partial charge in [-0.05, 0) is 48.4 Å². The molecule has 17 heavy (non-hydrogen) atoms. The van der Waals surface area contributed by atoms with Crippen molar-refractivity contribution in [2.75, 3.05) is 5.06 Å². The number of benzene rings is 1. The monoisotopic (exact) mass is 227 g/mol. The van der Waals surface area contributed by atoms with E-state index in [-0.39, 0.29) is 5.78 Å². The fourth-order valence-corrected chi connectivity index (χ4v) is 1.58. The third-order valence-corrected chi connectivity index (χ3v) is 2.52. The van der Waals surface area contributed by atoms with Gasteiger partial charge in [-0.25, -0.2) is 5.06 Å². The van der Waals surface area contributed by atoms with Crippen LogP contribution in [0.5, 0.6) is 0 Å². The SMILES string of the molecule is CC1=CC(=O)C=C/C1=C\N(O)c1ccccc1. The van der Waals surface area contributed by atoms with Gasteiger partial charge in [0, 0.05) is 6.20 Å². The second-order valence-corrected chi connectivity index (χ2v) is 3.83. The summed E-state index contributed by atoms with van der Waals surface area (Å²) in [5, 5.41) is 10.9. The number of ketones is 1. The fraction of sp³-hybridized carbons (Fsp3) is 0.0714. The summed E-state index contributed by atoms with van der Waals surface area (Å²) in [7, 11) is 0. The van der Waals surface area contributed by atoms with Crippen LogP contribution in [-0.4, -0.2) is 11.0 Å². The third-order valence-electron chi connectivity index (χ3n) is 2.52. The van der Waals surface area contributed by atoms with E-state index in [0.717, 1.165) is 16.2 Å². The standard InChI is InChI=1S/C14H13NO2/c1-11-9-14(16)8-7-12(11)10-15(17)13-5-3-2-4-6-13/h2-10,17H,1H3/b12-10+. The van der Waals surface area contributed by atoms with Gasteiger partial charge in [-0.15, -0.1) is 0 Å². The number of para-hydroxylation sites is 1. The fourth-order valence-electron chi connectivity index (χ4n) is 1.58. The van der Waals surface area contributed by atoms with Crippen LogP contribution in [0.25, 0.3) is 0 Å². The molecule has 3 heteroatoms. The first kappa shape index (κ1) is 11.4. The van der Waals surface area contributed by atoms with Crippen molar-refractivity contribution < 1.29 is 10.0 Å². The Morgan fingerprint density at radius 1 is 1.18 bits per heavy atom. The lowest BCUT2D eigenvalue weighted by molar-refractivity contribution is -0.110. The molecule has 1 aromatic carbocycles. The first-order valence-corrected chi connectivity index (χ1v) is 5.32. The molecule has 86 valence electrons. The second kappa shape index (κ2) is 4.80. The van der Waals surface area contributed by atoms with Crippen molar-refractivity contribution in [2.24, 2.45) is 0 Å². The lowest BCUT2D eigenvalue weighted by Crippen LogP contribution is -2.11. The number of carbonyl (C=O) groups is 1. The summed E-state index contributed by atoms with van der Waals surface area (Å²) in [6.07, 6.45) is 6.32. The molecule has 0 amide bonds. The first-order chi connectivity index (χ1) is 8.16.